The van der Waals surface area contributed by atoms with Crippen LogP contribution in [-0.4, -0.2) is 28.2 Å². The Morgan fingerprint density at radius 3 is 2.81 bits per heavy atom. The number of nitrogens with one attached hydrogen (secondary N) is 2. The van der Waals surface area contributed by atoms with Crippen LogP contribution in [0.3, 0.4) is 0 Å². The third-order valence-electron chi connectivity index (χ3n) is 5.30. The van der Waals surface area contributed by atoms with E-state index in [1.807, 2.05) is 45.2 Å². The Morgan fingerprint density at radius 2 is 2.04 bits per heavy atom. The van der Waals surface area contributed by atoms with Gasteiger partial charge in [0.1, 0.15) is 5.82 Å². The molecular weight excluding hydrogens is 327 g/mol. The van der Waals surface area contributed by atoms with E-state index in [-0.39, 0.29) is 0 Å². The van der Waals surface area contributed by atoms with Crippen LogP contribution >= 0.6 is 0 Å². The second-order valence-corrected chi connectivity index (χ2v) is 7.76. The average Bonchev–Trinajstić information content (AvgIpc) is 3.17. The Hall–Kier alpha value is -2.12. The summed E-state index contributed by atoms with van der Waals surface area (Å²) in [5.74, 6) is 1.43. The normalized spacial score (nSPS) is 18.8. The molecule has 0 amide bonds. The predicted molar refractivity (Wildman–Crippen MR) is 104 cm³/mol. The van der Waals surface area contributed by atoms with Crippen molar-refractivity contribution in [1.82, 2.24) is 9.97 Å². The Kier molecular flexibility index (Phi) is 4.36. The van der Waals surface area contributed by atoms with Crippen molar-refractivity contribution in [3.63, 3.8) is 0 Å². The molecule has 3 N–H and O–H groups in total. The quantitative estimate of drug-likeness (QED) is 0.735. The molecule has 4 rings (SSSR count). The highest BCUT2D eigenvalue weighted by Gasteiger charge is 2.40. The van der Waals surface area contributed by atoms with Gasteiger partial charge < -0.3 is 20.3 Å². The maximum Gasteiger partial charge on any atom is 0.492 e. The zero-order valence-electron chi connectivity index (χ0n) is 15.5. The fourth-order valence-corrected chi connectivity index (χ4v) is 3.84. The maximum absolute atomic E-state index is 10.2. The van der Waals surface area contributed by atoms with Crippen molar-refractivity contribution in [1.29, 1.82) is 0 Å². The lowest BCUT2D eigenvalue weighted by Crippen LogP contribution is -2.28. The molecule has 136 valence electrons. The first-order valence-electron chi connectivity index (χ1n) is 9.30. The summed E-state index contributed by atoms with van der Waals surface area (Å²) >= 11 is 0. The molecule has 2 aromatic rings. The second-order valence-electron chi connectivity index (χ2n) is 7.76. The van der Waals surface area contributed by atoms with Crippen LogP contribution in [0.4, 0.5) is 17.5 Å². The van der Waals surface area contributed by atoms with Crippen molar-refractivity contribution in [2.45, 2.75) is 58.1 Å². The SMILES string of the molecule is Cc1cnc(Nc2ccc3c(c2)B(O)OC3(C)C)nc1NC1CCCC1. The number of aryl methyl sites for hydroxylation is 1. The van der Waals surface area contributed by atoms with Crippen LogP contribution < -0.4 is 16.1 Å². The fourth-order valence-electron chi connectivity index (χ4n) is 3.84. The summed E-state index contributed by atoms with van der Waals surface area (Å²) < 4.78 is 5.62. The number of benzene rings is 1. The number of aromatic nitrogens is 2. The first-order chi connectivity index (χ1) is 12.4. The summed E-state index contributed by atoms with van der Waals surface area (Å²) in [4.78, 5) is 9.04. The third kappa shape index (κ3) is 3.29. The van der Waals surface area contributed by atoms with E-state index in [9.17, 15) is 5.02 Å². The van der Waals surface area contributed by atoms with Gasteiger partial charge in [0.05, 0.1) is 5.60 Å². The topological polar surface area (TPSA) is 79.3 Å². The van der Waals surface area contributed by atoms with Gasteiger partial charge in [0.2, 0.25) is 5.95 Å². The highest BCUT2D eigenvalue weighted by molar-refractivity contribution is 6.62. The maximum atomic E-state index is 10.2. The minimum atomic E-state index is -0.903. The summed E-state index contributed by atoms with van der Waals surface area (Å²) in [5, 5.41) is 16.9. The van der Waals surface area contributed by atoms with E-state index in [4.69, 9.17) is 4.65 Å². The number of anilines is 3. The Morgan fingerprint density at radius 1 is 1.27 bits per heavy atom. The molecule has 0 bridgehead atoms. The van der Waals surface area contributed by atoms with E-state index in [1.54, 1.807) is 0 Å². The zero-order valence-corrected chi connectivity index (χ0v) is 15.5. The highest BCUT2D eigenvalue weighted by Crippen LogP contribution is 2.31. The van der Waals surface area contributed by atoms with E-state index in [0.29, 0.717) is 12.0 Å². The number of rotatable bonds is 4. The Bertz CT molecular complexity index is 821. The van der Waals surface area contributed by atoms with Crippen LogP contribution in [0, 0.1) is 6.92 Å². The molecule has 0 spiro atoms. The van der Waals surface area contributed by atoms with Gasteiger partial charge in [0, 0.05) is 23.5 Å². The molecule has 0 atom stereocenters. The minimum absolute atomic E-state index is 0.480. The zero-order chi connectivity index (χ0) is 18.3. The molecule has 0 unspecified atom stereocenters. The number of hydrogen-bond donors (Lipinski definition) is 3. The molecule has 1 fully saturated rings. The summed E-state index contributed by atoms with van der Waals surface area (Å²) in [6.07, 6.45) is 6.79. The van der Waals surface area contributed by atoms with E-state index in [0.717, 1.165) is 28.1 Å². The summed E-state index contributed by atoms with van der Waals surface area (Å²) in [7, 11) is -0.903. The smallest absolute Gasteiger partial charge is 0.423 e. The number of nitrogens with zero attached hydrogens (tertiary/aromatic N) is 2. The van der Waals surface area contributed by atoms with Crippen molar-refractivity contribution in [2.24, 2.45) is 0 Å². The summed E-state index contributed by atoms with van der Waals surface area (Å²) in [6.45, 7) is 5.94. The van der Waals surface area contributed by atoms with Crippen LogP contribution in [0.1, 0.15) is 50.7 Å². The van der Waals surface area contributed by atoms with E-state index in [1.165, 1.54) is 25.7 Å². The number of hydrogen-bond acceptors (Lipinski definition) is 6. The Balaban J connectivity index is 1.55. The monoisotopic (exact) mass is 352 g/mol. The molecule has 0 radical (unpaired) electrons. The van der Waals surface area contributed by atoms with Gasteiger partial charge in [-0.2, -0.15) is 4.98 Å². The van der Waals surface area contributed by atoms with Crippen LogP contribution in [-0.2, 0) is 10.3 Å². The third-order valence-corrected chi connectivity index (χ3v) is 5.30. The highest BCUT2D eigenvalue weighted by atomic mass is 16.5. The van der Waals surface area contributed by atoms with Gasteiger partial charge in [-0.05, 0) is 56.8 Å². The van der Waals surface area contributed by atoms with E-state index >= 15 is 0 Å². The summed E-state index contributed by atoms with van der Waals surface area (Å²) in [6, 6.07) is 6.36. The lowest BCUT2D eigenvalue weighted by atomic mass is 9.78. The minimum Gasteiger partial charge on any atom is -0.423 e. The standard InChI is InChI=1S/C19H25BN4O2/c1-12-11-21-18(24-17(12)22-13-6-4-5-7-13)23-14-8-9-15-16(10-14)20(25)26-19(15,2)3/h8-11,13,25H,4-7H2,1-3H3,(H2,21,22,23,24). The average molecular weight is 352 g/mol. The van der Waals surface area contributed by atoms with Crippen LogP contribution in [0.15, 0.2) is 24.4 Å². The first kappa shape index (κ1) is 17.3. The fraction of sp³-hybridized carbons (Fsp3) is 0.474. The molecular formula is C19H25BN4O2. The van der Waals surface area contributed by atoms with Crippen LogP contribution in [0.25, 0.3) is 0 Å². The van der Waals surface area contributed by atoms with Crippen LogP contribution in [0.5, 0.6) is 0 Å². The van der Waals surface area contributed by atoms with E-state index < -0.39 is 12.7 Å². The lowest BCUT2D eigenvalue weighted by Gasteiger charge is -2.19. The Labute approximate surface area is 154 Å². The van der Waals surface area contributed by atoms with Gasteiger partial charge in [-0.1, -0.05) is 18.9 Å². The van der Waals surface area contributed by atoms with Gasteiger partial charge in [0.25, 0.3) is 0 Å². The first-order valence-corrected chi connectivity index (χ1v) is 9.30. The molecule has 1 aliphatic heterocycles. The van der Waals surface area contributed by atoms with E-state index in [2.05, 4.69) is 20.6 Å². The van der Waals surface area contributed by atoms with Gasteiger partial charge in [0.15, 0.2) is 0 Å². The van der Waals surface area contributed by atoms with Crippen LogP contribution in [0.2, 0.25) is 0 Å². The molecule has 1 aliphatic carbocycles. The molecule has 26 heavy (non-hydrogen) atoms. The molecule has 0 saturated heterocycles. The number of fused-ring (bicyclic) bond motifs is 1. The van der Waals surface area contributed by atoms with Gasteiger partial charge in [-0.25, -0.2) is 4.98 Å². The molecule has 1 aromatic carbocycles. The largest absolute Gasteiger partial charge is 0.492 e. The molecule has 2 heterocycles. The van der Waals surface area contributed by atoms with Gasteiger partial charge in [-0.15, -0.1) is 0 Å². The molecule has 1 saturated carbocycles. The molecule has 7 heteroatoms. The van der Waals surface area contributed by atoms with Crippen molar-refractivity contribution in [3.8, 4) is 0 Å². The molecule has 2 aliphatic rings. The van der Waals surface area contributed by atoms with Crippen molar-refractivity contribution in [3.05, 3.63) is 35.5 Å². The van der Waals surface area contributed by atoms with Crippen molar-refractivity contribution >= 4 is 30.0 Å². The molecule has 6 nitrogen and oxygen atoms in total. The van der Waals surface area contributed by atoms with Crippen molar-refractivity contribution in [2.75, 3.05) is 10.6 Å². The predicted octanol–water partition coefficient (Wildman–Crippen LogP) is 2.84. The van der Waals surface area contributed by atoms with Gasteiger partial charge in [-0.3, -0.25) is 0 Å². The molecule has 1 aromatic heterocycles. The van der Waals surface area contributed by atoms with Crippen molar-refractivity contribution < 1.29 is 9.68 Å². The second kappa shape index (κ2) is 6.56. The lowest BCUT2D eigenvalue weighted by molar-refractivity contribution is 0.101. The summed E-state index contributed by atoms with van der Waals surface area (Å²) in [5.41, 5.74) is 3.19. The van der Waals surface area contributed by atoms with Gasteiger partial charge >= 0.3 is 7.12 Å².